The molecule has 7 heterocycles. The standard InChI is InChI=1S/C34H37N7O3S2/c1-19(2)23-17-46(42,43)32-29(28(33-37-18-38-41-33)26(39-30(23)32)6-5-20-10-14-44-15-11-20)27-16-21-9-13-36-34(31(21)45-27)40-25-8-7-24-22(25)4-3-12-35-24/h3-4,9,12-13,16,18-20,23,25H,5-8,10-11,14-15,17H2,1-2H3,(H,36,40)(H,37,38,41)/t23-,25+/m1/s1. The summed E-state index contributed by atoms with van der Waals surface area (Å²) in [4.78, 5) is 20.3. The molecule has 8 rings (SSSR count). The Morgan fingerprint density at radius 3 is 2.76 bits per heavy atom. The molecular weight excluding hydrogens is 619 g/mol. The topological polar surface area (TPSA) is 136 Å². The molecular formula is C34H37N7O3S2. The van der Waals surface area contributed by atoms with Crippen molar-refractivity contribution in [3.63, 3.8) is 0 Å². The summed E-state index contributed by atoms with van der Waals surface area (Å²) in [6.07, 6.45) is 10.7. The van der Waals surface area contributed by atoms with Gasteiger partial charge in [0, 0.05) is 47.7 Å². The third kappa shape index (κ3) is 5.20. The smallest absolute Gasteiger partial charge is 0.181 e. The van der Waals surface area contributed by atoms with Gasteiger partial charge in [0.2, 0.25) is 0 Å². The van der Waals surface area contributed by atoms with E-state index in [-0.39, 0.29) is 23.6 Å². The fraction of sp³-hybridized carbons (Fsp3) is 0.441. The summed E-state index contributed by atoms with van der Waals surface area (Å²) in [6, 6.07) is 8.33. The number of aromatic amines is 1. The molecule has 5 aromatic rings. The Labute approximate surface area is 272 Å². The summed E-state index contributed by atoms with van der Waals surface area (Å²) in [5, 5.41) is 11.9. The number of aryl methyl sites for hydroxylation is 2. The van der Waals surface area contributed by atoms with Crippen LogP contribution in [0.5, 0.6) is 0 Å². The van der Waals surface area contributed by atoms with Gasteiger partial charge in [0.1, 0.15) is 12.1 Å². The van der Waals surface area contributed by atoms with Gasteiger partial charge in [-0.15, -0.1) is 11.3 Å². The molecule has 0 aromatic carbocycles. The Morgan fingerprint density at radius 2 is 1.96 bits per heavy atom. The number of nitrogens with one attached hydrogen (secondary N) is 2. The minimum absolute atomic E-state index is 0.0631. The predicted octanol–water partition coefficient (Wildman–Crippen LogP) is 6.52. The molecule has 2 aliphatic heterocycles. The lowest BCUT2D eigenvalue weighted by molar-refractivity contribution is 0.0639. The van der Waals surface area contributed by atoms with Crippen LogP contribution in [-0.2, 0) is 27.4 Å². The van der Waals surface area contributed by atoms with E-state index >= 15 is 0 Å². The molecule has 2 N–H and O–H groups in total. The van der Waals surface area contributed by atoms with Crippen molar-refractivity contribution < 1.29 is 13.2 Å². The van der Waals surface area contributed by atoms with Gasteiger partial charge in [0.25, 0.3) is 0 Å². The third-order valence-electron chi connectivity index (χ3n) is 9.86. The first-order valence-corrected chi connectivity index (χ1v) is 18.7. The number of hydrogen-bond acceptors (Lipinski definition) is 10. The minimum atomic E-state index is -3.62. The molecule has 0 saturated carbocycles. The van der Waals surface area contributed by atoms with Crippen LogP contribution in [0.15, 0.2) is 47.9 Å². The number of fused-ring (bicyclic) bond motifs is 3. The molecule has 2 atom stereocenters. The number of anilines is 1. The van der Waals surface area contributed by atoms with Gasteiger partial charge in [0.05, 0.1) is 38.3 Å². The SMILES string of the molecule is CC(C)[C@H]1CS(=O)(=O)c2c1nc(CCC1CCOCC1)c(-c1ncn[nH]1)c2-c1cc2ccnc(N[C@H]3CCc4ncccc43)c2s1. The van der Waals surface area contributed by atoms with Crippen molar-refractivity contribution in [2.24, 2.45) is 11.8 Å². The van der Waals surface area contributed by atoms with Crippen LogP contribution in [0.4, 0.5) is 5.82 Å². The molecule has 1 fully saturated rings. The maximum Gasteiger partial charge on any atom is 0.181 e. The number of sulfone groups is 1. The predicted molar refractivity (Wildman–Crippen MR) is 179 cm³/mol. The zero-order valence-corrected chi connectivity index (χ0v) is 27.6. The highest BCUT2D eigenvalue weighted by Gasteiger charge is 2.43. The highest BCUT2D eigenvalue weighted by atomic mass is 32.2. The van der Waals surface area contributed by atoms with Gasteiger partial charge in [0.15, 0.2) is 15.7 Å². The van der Waals surface area contributed by atoms with E-state index in [1.54, 1.807) is 11.3 Å². The van der Waals surface area contributed by atoms with Crippen LogP contribution in [0.2, 0.25) is 0 Å². The van der Waals surface area contributed by atoms with E-state index in [4.69, 9.17) is 14.7 Å². The van der Waals surface area contributed by atoms with Crippen molar-refractivity contribution in [2.45, 2.75) is 69.2 Å². The summed E-state index contributed by atoms with van der Waals surface area (Å²) in [5.74, 6) is 1.90. The van der Waals surface area contributed by atoms with Crippen molar-refractivity contribution in [3.8, 4) is 21.8 Å². The zero-order chi connectivity index (χ0) is 31.4. The molecule has 1 aliphatic carbocycles. The molecule has 0 radical (unpaired) electrons. The van der Waals surface area contributed by atoms with Crippen LogP contribution in [0.3, 0.4) is 0 Å². The lowest BCUT2D eigenvalue weighted by atomic mass is 9.89. The normalized spacial score (nSPS) is 20.8. The summed E-state index contributed by atoms with van der Waals surface area (Å²) < 4.78 is 34.8. The number of ether oxygens (including phenoxy) is 1. The van der Waals surface area contributed by atoms with E-state index in [0.29, 0.717) is 27.9 Å². The van der Waals surface area contributed by atoms with Gasteiger partial charge < -0.3 is 10.1 Å². The monoisotopic (exact) mass is 655 g/mol. The van der Waals surface area contributed by atoms with E-state index in [1.807, 2.05) is 24.5 Å². The first-order chi connectivity index (χ1) is 22.4. The van der Waals surface area contributed by atoms with Gasteiger partial charge in [-0.25, -0.2) is 18.4 Å². The molecule has 12 heteroatoms. The zero-order valence-electron chi connectivity index (χ0n) is 26.0. The average molecular weight is 656 g/mol. The van der Waals surface area contributed by atoms with Crippen LogP contribution >= 0.6 is 11.3 Å². The van der Waals surface area contributed by atoms with E-state index < -0.39 is 9.84 Å². The Balaban J connectivity index is 1.30. The van der Waals surface area contributed by atoms with E-state index in [2.05, 4.69) is 51.5 Å². The van der Waals surface area contributed by atoms with E-state index in [0.717, 1.165) is 89.5 Å². The van der Waals surface area contributed by atoms with Gasteiger partial charge in [-0.2, -0.15) is 5.10 Å². The first kappa shape index (κ1) is 29.6. The maximum atomic E-state index is 14.1. The Hall–Kier alpha value is -3.74. The molecule has 0 unspecified atom stereocenters. The molecule has 0 bridgehead atoms. The fourth-order valence-corrected chi connectivity index (χ4v) is 10.9. The van der Waals surface area contributed by atoms with Gasteiger partial charge in [-0.05, 0) is 79.5 Å². The number of hydrogen-bond donors (Lipinski definition) is 2. The third-order valence-corrected chi connectivity index (χ3v) is 12.9. The van der Waals surface area contributed by atoms with E-state index in [1.165, 1.54) is 11.9 Å². The average Bonchev–Trinajstić information content (AvgIpc) is 3.86. The van der Waals surface area contributed by atoms with E-state index in [9.17, 15) is 8.42 Å². The summed E-state index contributed by atoms with van der Waals surface area (Å²) in [7, 11) is -3.62. The van der Waals surface area contributed by atoms with Crippen LogP contribution in [0, 0.1) is 11.8 Å². The Kier molecular flexibility index (Phi) is 7.61. The molecule has 5 aromatic heterocycles. The fourth-order valence-electron chi connectivity index (χ4n) is 7.40. The quantitative estimate of drug-likeness (QED) is 0.191. The molecule has 0 spiro atoms. The van der Waals surface area contributed by atoms with Gasteiger partial charge in [-0.1, -0.05) is 19.9 Å². The minimum Gasteiger partial charge on any atom is -0.381 e. The number of rotatable bonds is 8. The highest BCUT2D eigenvalue weighted by molar-refractivity contribution is 7.92. The van der Waals surface area contributed by atoms with Crippen LogP contribution in [0.25, 0.3) is 31.9 Å². The summed E-state index contributed by atoms with van der Waals surface area (Å²) in [6.45, 7) is 5.74. The molecule has 238 valence electrons. The molecule has 3 aliphatic rings. The van der Waals surface area contributed by atoms with Crippen molar-refractivity contribution in [2.75, 3.05) is 24.3 Å². The van der Waals surface area contributed by atoms with Crippen LogP contribution in [-0.4, -0.2) is 57.5 Å². The largest absolute Gasteiger partial charge is 0.381 e. The summed E-state index contributed by atoms with van der Waals surface area (Å²) in [5.41, 5.74) is 5.33. The second kappa shape index (κ2) is 11.8. The second-order valence-electron chi connectivity index (χ2n) is 13.0. The van der Waals surface area contributed by atoms with Gasteiger partial charge >= 0.3 is 0 Å². The number of H-pyrrole nitrogens is 1. The highest BCUT2D eigenvalue weighted by Crippen LogP contribution is 2.51. The maximum absolute atomic E-state index is 14.1. The second-order valence-corrected chi connectivity index (χ2v) is 16.1. The molecule has 10 nitrogen and oxygen atoms in total. The first-order valence-electron chi connectivity index (χ1n) is 16.2. The van der Waals surface area contributed by atoms with Crippen molar-refractivity contribution in [1.82, 2.24) is 30.1 Å². The Bertz CT molecular complexity index is 2020. The Morgan fingerprint density at radius 1 is 1.09 bits per heavy atom. The lowest BCUT2D eigenvalue weighted by Gasteiger charge is -2.23. The number of thiophene rings is 1. The molecule has 0 amide bonds. The number of aromatic nitrogens is 6. The van der Waals surface area contributed by atoms with Crippen molar-refractivity contribution >= 4 is 37.1 Å². The number of pyridine rings is 3. The van der Waals surface area contributed by atoms with Crippen molar-refractivity contribution in [3.05, 3.63) is 65.6 Å². The van der Waals surface area contributed by atoms with Gasteiger partial charge in [-0.3, -0.25) is 15.1 Å². The molecule has 1 saturated heterocycles. The molecule has 46 heavy (non-hydrogen) atoms. The lowest BCUT2D eigenvalue weighted by Crippen LogP contribution is -2.17. The van der Waals surface area contributed by atoms with Crippen molar-refractivity contribution in [1.29, 1.82) is 0 Å². The summed E-state index contributed by atoms with van der Waals surface area (Å²) >= 11 is 1.57. The van der Waals surface area contributed by atoms with Crippen LogP contribution in [0.1, 0.15) is 74.1 Å². The number of nitrogens with zero attached hydrogens (tertiary/aromatic N) is 5. The van der Waals surface area contributed by atoms with Crippen LogP contribution < -0.4 is 5.32 Å².